The first-order valence-electron chi connectivity index (χ1n) is 25.4. The summed E-state index contributed by atoms with van der Waals surface area (Å²) in [6, 6.07) is 0. The first-order chi connectivity index (χ1) is 29.5. The van der Waals surface area contributed by atoms with E-state index in [9.17, 15) is 14.4 Å². The quantitative estimate of drug-likeness (QED) is 0.0263. The first-order valence-corrected chi connectivity index (χ1v) is 25.4. The smallest absolute Gasteiger partial charge is 0.306 e. The second-order valence-corrected chi connectivity index (χ2v) is 16.8. The molecule has 0 bridgehead atoms. The fourth-order valence-corrected chi connectivity index (χ4v) is 7.11. The normalized spacial score (nSPS) is 12.5. The Hall–Kier alpha value is -2.89. The van der Waals surface area contributed by atoms with Crippen LogP contribution < -0.4 is 0 Å². The number of esters is 3. The Morgan fingerprint density at radius 1 is 0.350 bits per heavy atom. The molecule has 0 aromatic rings. The minimum atomic E-state index is -0.786. The molecule has 0 fully saturated rings. The summed E-state index contributed by atoms with van der Waals surface area (Å²) in [5.74, 6) is -0.921. The molecule has 1 atom stereocenters. The van der Waals surface area contributed by atoms with Crippen LogP contribution in [0.3, 0.4) is 0 Å². The summed E-state index contributed by atoms with van der Waals surface area (Å²) in [5.41, 5.74) is 0. The highest BCUT2D eigenvalue weighted by atomic mass is 16.6. The summed E-state index contributed by atoms with van der Waals surface area (Å²) in [5, 5.41) is 0. The van der Waals surface area contributed by atoms with Gasteiger partial charge in [0.25, 0.3) is 0 Å². The number of unbranched alkanes of at least 4 members (excludes halogenated alkanes) is 28. The number of hydrogen-bond acceptors (Lipinski definition) is 6. The molecule has 0 spiro atoms. The van der Waals surface area contributed by atoms with Crippen molar-refractivity contribution in [3.05, 3.63) is 60.8 Å². The van der Waals surface area contributed by atoms with Gasteiger partial charge in [0.2, 0.25) is 0 Å². The monoisotopic (exact) mass is 839 g/mol. The van der Waals surface area contributed by atoms with E-state index < -0.39 is 6.10 Å². The molecule has 0 amide bonds. The zero-order valence-electron chi connectivity index (χ0n) is 39.5. The van der Waals surface area contributed by atoms with Crippen LogP contribution in [0.1, 0.15) is 245 Å². The van der Waals surface area contributed by atoms with Gasteiger partial charge < -0.3 is 14.2 Å². The van der Waals surface area contributed by atoms with Crippen LogP contribution in [0.5, 0.6) is 0 Å². The van der Waals surface area contributed by atoms with Crippen LogP contribution in [0.15, 0.2) is 60.8 Å². The van der Waals surface area contributed by atoms with E-state index in [1.54, 1.807) is 0 Å². The van der Waals surface area contributed by atoms with E-state index in [1.807, 2.05) is 48.6 Å². The fourth-order valence-electron chi connectivity index (χ4n) is 7.11. The SMILES string of the molecule is CC\C=C/C=C\C=C/C=C\C=C/CCCCCC(=O)OCC(COC(=O)CCCCCCCCCCCCCCC)OC(=O)CCCCCCCCCCCCCCCC. The van der Waals surface area contributed by atoms with Crippen LogP contribution >= 0.6 is 0 Å². The summed E-state index contributed by atoms with van der Waals surface area (Å²) in [7, 11) is 0. The Labute approximate surface area is 370 Å². The second kappa shape index (κ2) is 48.8. The van der Waals surface area contributed by atoms with Crippen LogP contribution in [-0.2, 0) is 28.6 Å². The zero-order chi connectivity index (χ0) is 43.7. The van der Waals surface area contributed by atoms with Crippen molar-refractivity contribution in [1.82, 2.24) is 0 Å². The lowest BCUT2D eigenvalue weighted by Gasteiger charge is -2.18. The van der Waals surface area contributed by atoms with Crippen molar-refractivity contribution in [2.45, 2.75) is 252 Å². The summed E-state index contributed by atoms with van der Waals surface area (Å²) >= 11 is 0. The number of ether oxygens (including phenoxy) is 3. The van der Waals surface area contributed by atoms with E-state index in [2.05, 4.69) is 32.9 Å². The molecule has 0 N–H and O–H groups in total. The number of hydrogen-bond donors (Lipinski definition) is 0. The Balaban J connectivity index is 4.44. The van der Waals surface area contributed by atoms with Gasteiger partial charge in [-0.1, -0.05) is 248 Å². The molecule has 0 aromatic carbocycles. The van der Waals surface area contributed by atoms with Gasteiger partial charge in [0.1, 0.15) is 13.2 Å². The van der Waals surface area contributed by atoms with Gasteiger partial charge in [-0.05, 0) is 38.5 Å². The highest BCUT2D eigenvalue weighted by molar-refractivity contribution is 5.71. The molecular weight excluding hydrogens is 745 g/mol. The predicted octanol–water partition coefficient (Wildman–Crippen LogP) is 16.5. The lowest BCUT2D eigenvalue weighted by Crippen LogP contribution is -2.30. The Bertz CT molecular complexity index is 1100. The van der Waals surface area contributed by atoms with Crippen LogP contribution in [0, 0.1) is 0 Å². The molecule has 0 heterocycles. The molecule has 1 unspecified atom stereocenters. The Morgan fingerprint density at radius 2 is 0.650 bits per heavy atom. The van der Waals surface area contributed by atoms with Gasteiger partial charge in [0.15, 0.2) is 6.10 Å². The topological polar surface area (TPSA) is 78.9 Å². The maximum Gasteiger partial charge on any atom is 0.306 e. The largest absolute Gasteiger partial charge is 0.462 e. The van der Waals surface area contributed by atoms with Crippen molar-refractivity contribution in [2.24, 2.45) is 0 Å². The summed E-state index contributed by atoms with van der Waals surface area (Å²) in [6.45, 7) is 6.47. The number of allylic oxidation sites excluding steroid dienone is 10. The van der Waals surface area contributed by atoms with Crippen molar-refractivity contribution >= 4 is 17.9 Å². The maximum atomic E-state index is 12.8. The van der Waals surface area contributed by atoms with Crippen LogP contribution in [0.4, 0.5) is 0 Å². The Morgan fingerprint density at radius 3 is 1.02 bits per heavy atom. The number of carbonyl (C=O) groups excluding carboxylic acids is 3. The van der Waals surface area contributed by atoms with Gasteiger partial charge >= 0.3 is 17.9 Å². The average molecular weight is 839 g/mol. The predicted molar refractivity (Wildman–Crippen MR) is 256 cm³/mol. The molecule has 0 aliphatic carbocycles. The van der Waals surface area contributed by atoms with E-state index >= 15 is 0 Å². The second-order valence-electron chi connectivity index (χ2n) is 16.8. The van der Waals surface area contributed by atoms with E-state index in [1.165, 1.54) is 135 Å². The summed E-state index contributed by atoms with van der Waals surface area (Å²) in [4.78, 5) is 37.9. The Kier molecular flexibility index (Phi) is 46.4. The first kappa shape index (κ1) is 57.1. The molecule has 0 saturated carbocycles. The molecule has 6 nitrogen and oxygen atoms in total. The van der Waals surface area contributed by atoms with Crippen LogP contribution in [0.25, 0.3) is 0 Å². The fraction of sp³-hybridized carbons (Fsp3) is 0.759. The molecule has 346 valence electrons. The number of carbonyl (C=O) groups is 3. The standard InChI is InChI=1S/C54H94O6/c1-4-7-10-13-16-19-22-25-27-30-32-35-38-41-44-47-53(56)59-50-51(49-58-52(55)46-43-40-37-34-31-28-24-21-18-15-12-9-6-3)60-54(57)48-45-42-39-36-33-29-26-23-20-17-14-11-8-5-2/h7,10,13,16,19,22,25,27,30,32,51H,4-6,8-9,11-12,14-15,17-18,20-21,23-24,26,28-29,31,33-50H2,1-3H3/b10-7-,16-13-,22-19-,27-25-,32-30-. The van der Waals surface area contributed by atoms with Crippen LogP contribution in [-0.4, -0.2) is 37.2 Å². The number of rotatable bonds is 45. The zero-order valence-corrected chi connectivity index (χ0v) is 39.5. The van der Waals surface area contributed by atoms with E-state index in [0.29, 0.717) is 19.3 Å². The van der Waals surface area contributed by atoms with Gasteiger partial charge in [-0.25, -0.2) is 0 Å². The molecule has 0 radical (unpaired) electrons. The minimum Gasteiger partial charge on any atom is -0.462 e. The molecule has 0 aliphatic heterocycles. The van der Waals surface area contributed by atoms with Crippen molar-refractivity contribution < 1.29 is 28.6 Å². The van der Waals surface area contributed by atoms with Gasteiger partial charge in [-0.2, -0.15) is 0 Å². The maximum absolute atomic E-state index is 12.8. The lowest BCUT2D eigenvalue weighted by atomic mass is 10.0. The van der Waals surface area contributed by atoms with Gasteiger partial charge in [-0.3, -0.25) is 14.4 Å². The molecule has 0 aromatic heterocycles. The molecule has 6 heteroatoms. The third-order valence-electron chi connectivity index (χ3n) is 10.9. The highest BCUT2D eigenvalue weighted by Crippen LogP contribution is 2.16. The van der Waals surface area contributed by atoms with Gasteiger partial charge in [0, 0.05) is 19.3 Å². The van der Waals surface area contributed by atoms with Crippen molar-refractivity contribution in [2.75, 3.05) is 13.2 Å². The summed E-state index contributed by atoms with van der Waals surface area (Å²) in [6.07, 6.45) is 59.1. The molecule has 60 heavy (non-hydrogen) atoms. The van der Waals surface area contributed by atoms with Crippen molar-refractivity contribution in [1.29, 1.82) is 0 Å². The highest BCUT2D eigenvalue weighted by Gasteiger charge is 2.19. The van der Waals surface area contributed by atoms with Crippen molar-refractivity contribution in [3.63, 3.8) is 0 Å². The molecule has 0 rings (SSSR count). The van der Waals surface area contributed by atoms with Crippen LogP contribution in [0.2, 0.25) is 0 Å². The van der Waals surface area contributed by atoms with E-state index in [-0.39, 0.29) is 31.1 Å². The minimum absolute atomic E-state index is 0.0847. The van der Waals surface area contributed by atoms with E-state index in [4.69, 9.17) is 14.2 Å². The average Bonchev–Trinajstić information content (AvgIpc) is 3.24. The van der Waals surface area contributed by atoms with Gasteiger partial charge in [0.05, 0.1) is 0 Å². The van der Waals surface area contributed by atoms with Crippen molar-refractivity contribution in [3.8, 4) is 0 Å². The van der Waals surface area contributed by atoms with E-state index in [0.717, 1.165) is 70.6 Å². The lowest BCUT2D eigenvalue weighted by molar-refractivity contribution is -0.167. The summed E-state index contributed by atoms with van der Waals surface area (Å²) < 4.78 is 16.8. The third-order valence-corrected chi connectivity index (χ3v) is 10.9. The third kappa shape index (κ3) is 46.2. The molecule has 0 aliphatic rings. The van der Waals surface area contributed by atoms with Gasteiger partial charge in [-0.15, -0.1) is 0 Å². The molecule has 0 saturated heterocycles. The molecular formula is C54H94O6.